The Bertz CT molecular complexity index is 1800. The van der Waals surface area contributed by atoms with Gasteiger partial charge in [0.2, 0.25) is 0 Å². The lowest BCUT2D eigenvalue weighted by Crippen LogP contribution is -2.54. The summed E-state index contributed by atoms with van der Waals surface area (Å²) in [6.45, 7) is 4.40. The zero-order chi connectivity index (χ0) is 32.5. The minimum absolute atomic E-state index is 0.0937. The SMILES string of the molecule is CCCOc1ccc(/C=C2\C(=O)NC(=O)N(c3cc4c5c(c3)[C@H](c3ccccc3)CCN5CC[C@H]4c3ccccc3)C2=O)cc1OC. The Hall–Kier alpha value is -5.37. The highest BCUT2D eigenvalue weighted by molar-refractivity contribution is 6.39. The molecule has 7 rings (SSSR count). The van der Waals surface area contributed by atoms with Crippen molar-refractivity contribution in [1.82, 2.24) is 5.32 Å². The summed E-state index contributed by atoms with van der Waals surface area (Å²) < 4.78 is 11.3. The maximum Gasteiger partial charge on any atom is 0.335 e. The van der Waals surface area contributed by atoms with E-state index in [-0.39, 0.29) is 17.4 Å². The number of urea groups is 1. The van der Waals surface area contributed by atoms with Crippen LogP contribution in [0.4, 0.5) is 16.2 Å². The van der Waals surface area contributed by atoms with Crippen molar-refractivity contribution in [1.29, 1.82) is 0 Å². The van der Waals surface area contributed by atoms with E-state index >= 15 is 0 Å². The van der Waals surface area contributed by atoms with Gasteiger partial charge in [-0.1, -0.05) is 73.7 Å². The van der Waals surface area contributed by atoms with Crippen LogP contribution in [0.3, 0.4) is 0 Å². The van der Waals surface area contributed by atoms with Crippen LogP contribution in [0.15, 0.2) is 96.6 Å². The van der Waals surface area contributed by atoms with Gasteiger partial charge in [0.15, 0.2) is 11.5 Å². The number of nitrogens with zero attached hydrogens (tertiary/aromatic N) is 2. The third kappa shape index (κ3) is 5.65. The van der Waals surface area contributed by atoms with Gasteiger partial charge in [0.05, 0.1) is 19.4 Å². The molecule has 0 bridgehead atoms. The number of rotatable bonds is 8. The molecule has 4 amide bonds. The number of imide groups is 2. The van der Waals surface area contributed by atoms with Crippen molar-refractivity contribution in [3.05, 3.63) is 124 Å². The molecule has 4 aromatic carbocycles. The lowest BCUT2D eigenvalue weighted by atomic mass is 9.76. The maximum atomic E-state index is 14.2. The van der Waals surface area contributed by atoms with Gasteiger partial charge in [-0.05, 0) is 77.4 Å². The summed E-state index contributed by atoms with van der Waals surface area (Å²) in [6, 6.07) is 29.2. The number of carbonyl (C=O) groups excluding carboxylic acids is 3. The summed E-state index contributed by atoms with van der Waals surface area (Å²) in [7, 11) is 1.54. The van der Waals surface area contributed by atoms with E-state index in [2.05, 4.69) is 34.5 Å². The Labute approximate surface area is 274 Å². The third-order valence-electron chi connectivity index (χ3n) is 9.32. The van der Waals surface area contributed by atoms with E-state index in [1.165, 1.54) is 22.9 Å². The highest BCUT2D eigenvalue weighted by Crippen LogP contribution is 2.50. The summed E-state index contributed by atoms with van der Waals surface area (Å²) >= 11 is 0. The molecule has 8 heteroatoms. The second-order valence-corrected chi connectivity index (χ2v) is 12.2. The van der Waals surface area contributed by atoms with E-state index in [1.54, 1.807) is 25.3 Å². The van der Waals surface area contributed by atoms with Crippen molar-refractivity contribution in [2.24, 2.45) is 0 Å². The number of barbiturate groups is 1. The number of benzene rings is 4. The molecule has 1 N–H and O–H groups in total. The minimum Gasteiger partial charge on any atom is -0.493 e. The average Bonchev–Trinajstić information content (AvgIpc) is 3.10. The molecular weight excluding hydrogens is 590 g/mol. The zero-order valence-corrected chi connectivity index (χ0v) is 26.6. The Morgan fingerprint density at radius 1 is 0.809 bits per heavy atom. The number of amides is 4. The number of hydrogen-bond acceptors (Lipinski definition) is 6. The number of anilines is 2. The molecule has 238 valence electrons. The molecule has 0 aliphatic carbocycles. The van der Waals surface area contributed by atoms with E-state index in [1.807, 2.05) is 55.5 Å². The maximum absolute atomic E-state index is 14.2. The fourth-order valence-electron chi connectivity index (χ4n) is 7.13. The van der Waals surface area contributed by atoms with Crippen molar-refractivity contribution in [2.75, 3.05) is 36.6 Å². The van der Waals surface area contributed by atoms with Crippen molar-refractivity contribution in [3.8, 4) is 11.5 Å². The fraction of sp³-hybridized carbons (Fsp3) is 0.256. The normalized spacial score (nSPS) is 19.8. The molecule has 3 aliphatic rings. The Kier molecular flexibility index (Phi) is 8.24. The van der Waals surface area contributed by atoms with Gasteiger partial charge in [-0.3, -0.25) is 14.9 Å². The van der Waals surface area contributed by atoms with E-state index in [4.69, 9.17) is 9.47 Å². The van der Waals surface area contributed by atoms with Crippen molar-refractivity contribution >= 4 is 35.3 Å². The molecular formula is C39H37N3O5. The van der Waals surface area contributed by atoms with E-state index in [0.29, 0.717) is 29.4 Å². The molecule has 1 saturated heterocycles. The fourth-order valence-corrected chi connectivity index (χ4v) is 7.13. The lowest BCUT2D eigenvalue weighted by Gasteiger charge is -2.44. The van der Waals surface area contributed by atoms with Gasteiger partial charge in [-0.2, -0.15) is 0 Å². The van der Waals surface area contributed by atoms with Gasteiger partial charge in [-0.15, -0.1) is 0 Å². The Morgan fingerprint density at radius 3 is 2.00 bits per heavy atom. The van der Waals surface area contributed by atoms with E-state index in [0.717, 1.165) is 48.4 Å². The Balaban J connectivity index is 1.34. The molecule has 0 unspecified atom stereocenters. The summed E-state index contributed by atoms with van der Waals surface area (Å²) in [4.78, 5) is 44.4. The smallest absolute Gasteiger partial charge is 0.335 e. The molecule has 0 radical (unpaired) electrons. The number of nitrogens with one attached hydrogen (secondary N) is 1. The summed E-state index contributed by atoms with van der Waals surface area (Å²) in [5, 5.41) is 2.42. The molecule has 4 aromatic rings. The first-order valence-corrected chi connectivity index (χ1v) is 16.2. The monoisotopic (exact) mass is 627 g/mol. The van der Waals surface area contributed by atoms with Crippen molar-refractivity contribution < 1.29 is 23.9 Å². The summed E-state index contributed by atoms with van der Waals surface area (Å²) in [6.07, 6.45) is 4.17. The predicted molar refractivity (Wildman–Crippen MR) is 182 cm³/mol. The van der Waals surface area contributed by atoms with Crippen LogP contribution in [-0.4, -0.2) is 44.7 Å². The molecule has 3 heterocycles. The third-order valence-corrected chi connectivity index (χ3v) is 9.32. The molecule has 0 saturated carbocycles. The van der Waals surface area contributed by atoms with Gasteiger partial charge in [-0.25, -0.2) is 9.69 Å². The number of ether oxygens (including phenoxy) is 2. The summed E-state index contributed by atoms with van der Waals surface area (Å²) in [5.41, 5.74) is 6.63. The highest BCUT2D eigenvalue weighted by atomic mass is 16.5. The second-order valence-electron chi connectivity index (χ2n) is 12.2. The lowest BCUT2D eigenvalue weighted by molar-refractivity contribution is -0.122. The highest BCUT2D eigenvalue weighted by Gasteiger charge is 2.40. The quantitative estimate of drug-likeness (QED) is 0.167. The van der Waals surface area contributed by atoms with Gasteiger partial charge >= 0.3 is 6.03 Å². The first kappa shape index (κ1) is 30.3. The molecule has 0 spiro atoms. The molecule has 47 heavy (non-hydrogen) atoms. The molecule has 0 aromatic heterocycles. The van der Waals surface area contributed by atoms with Gasteiger partial charge in [0.25, 0.3) is 11.8 Å². The van der Waals surface area contributed by atoms with Crippen LogP contribution in [0.25, 0.3) is 6.08 Å². The number of methoxy groups -OCH3 is 1. The number of hydrogen-bond donors (Lipinski definition) is 1. The topological polar surface area (TPSA) is 88.2 Å². The first-order chi connectivity index (χ1) is 23.0. The second kappa shape index (κ2) is 12.8. The summed E-state index contributed by atoms with van der Waals surface area (Å²) in [5.74, 6) is -0.164. The van der Waals surface area contributed by atoms with Gasteiger partial charge in [0, 0.05) is 30.6 Å². The van der Waals surface area contributed by atoms with Crippen LogP contribution < -0.4 is 24.6 Å². The standard InChI is InChI=1S/C39H37N3O5/c1-3-20-47-34-15-14-25(22-35(34)46-2)21-33-37(43)40-39(45)42(38(33)44)28-23-31-29(26-10-6-4-7-11-26)16-18-41-19-17-30(32(24-28)36(31)41)27-12-8-5-9-13-27/h4-15,21-24,29-30H,3,16-20H2,1-2H3,(H,40,43,45)/b33-21+/t29-,30-/m0/s1. The predicted octanol–water partition coefficient (Wildman–Crippen LogP) is 7.03. The van der Waals surface area contributed by atoms with E-state index < -0.39 is 17.8 Å². The van der Waals surface area contributed by atoms with Crippen LogP contribution in [-0.2, 0) is 9.59 Å². The average molecular weight is 628 g/mol. The van der Waals surface area contributed by atoms with Crippen molar-refractivity contribution in [2.45, 2.75) is 38.0 Å². The molecule has 3 aliphatic heterocycles. The van der Waals surface area contributed by atoms with Crippen LogP contribution in [0.5, 0.6) is 11.5 Å². The molecule has 1 fully saturated rings. The van der Waals surface area contributed by atoms with E-state index in [9.17, 15) is 14.4 Å². The van der Waals surface area contributed by atoms with Gasteiger partial charge in [0.1, 0.15) is 5.57 Å². The van der Waals surface area contributed by atoms with Crippen molar-refractivity contribution in [3.63, 3.8) is 0 Å². The van der Waals surface area contributed by atoms with Crippen LogP contribution in [0.2, 0.25) is 0 Å². The molecule has 8 nitrogen and oxygen atoms in total. The van der Waals surface area contributed by atoms with Crippen LogP contribution in [0, 0.1) is 0 Å². The number of carbonyl (C=O) groups is 3. The van der Waals surface area contributed by atoms with Crippen LogP contribution in [0.1, 0.15) is 65.8 Å². The largest absolute Gasteiger partial charge is 0.493 e. The van der Waals surface area contributed by atoms with Crippen LogP contribution >= 0.6 is 0 Å². The zero-order valence-electron chi connectivity index (χ0n) is 26.6. The van der Waals surface area contributed by atoms with Gasteiger partial charge < -0.3 is 14.4 Å². The Morgan fingerprint density at radius 2 is 1.43 bits per heavy atom. The first-order valence-electron chi connectivity index (χ1n) is 16.2. The molecule has 2 atom stereocenters. The minimum atomic E-state index is -0.763.